The smallest absolute Gasteiger partial charge is 0.242 e. The van der Waals surface area contributed by atoms with Crippen LogP contribution in [-0.2, 0) is 21.9 Å². The number of aryl methyl sites for hydroxylation is 1. The number of carbonyl (C=O) groups is 2. The molecule has 0 saturated heterocycles. The molecule has 0 radical (unpaired) electrons. The second-order valence-electron chi connectivity index (χ2n) is 7.17. The summed E-state index contributed by atoms with van der Waals surface area (Å²) in [6, 6.07) is 12.8. The van der Waals surface area contributed by atoms with Gasteiger partial charge in [0.2, 0.25) is 11.8 Å². The molecule has 0 aromatic heterocycles. The van der Waals surface area contributed by atoms with Crippen molar-refractivity contribution < 1.29 is 9.59 Å². The Hall–Kier alpha value is -1.69. The van der Waals surface area contributed by atoms with E-state index in [0.717, 1.165) is 12.2 Å². The topological polar surface area (TPSA) is 49.4 Å². The molecule has 0 heterocycles. The zero-order valence-electron chi connectivity index (χ0n) is 17.6. The summed E-state index contributed by atoms with van der Waals surface area (Å²) in [5, 5.41) is 3.83. The Morgan fingerprint density at radius 3 is 2.43 bits per heavy atom. The average molecular weight is 467 g/mol. The lowest BCUT2D eigenvalue weighted by Crippen LogP contribution is -2.48. The summed E-state index contributed by atoms with van der Waals surface area (Å²) in [4.78, 5) is 27.2. The molecule has 0 fully saturated rings. The zero-order chi connectivity index (χ0) is 22.1. The van der Waals surface area contributed by atoms with Gasteiger partial charge in [-0.25, -0.2) is 0 Å². The van der Waals surface area contributed by atoms with E-state index in [-0.39, 0.29) is 24.1 Å². The van der Waals surface area contributed by atoms with Gasteiger partial charge >= 0.3 is 0 Å². The number of nitrogens with one attached hydrogen (secondary N) is 1. The average Bonchev–Trinajstić information content (AvgIpc) is 2.71. The van der Waals surface area contributed by atoms with Crippen molar-refractivity contribution in [2.75, 3.05) is 12.3 Å². The number of amides is 2. The van der Waals surface area contributed by atoms with Crippen LogP contribution in [0.5, 0.6) is 0 Å². The van der Waals surface area contributed by atoms with Gasteiger partial charge in [-0.05, 0) is 38.0 Å². The number of hydrogen-bond acceptors (Lipinski definition) is 3. The molecule has 7 heteroatoms. The second kappa shape index (κ2) is 12.2. The first-order valence-electron chi connectivity index (χ1n) is 9.96. The zero-order valence-corrected chi connectivity index (χ0v) is 19.9. The van der Waals surface area contributed by atoms with Crippen LogP contribution < -0.4 is 5.32 Å². The van der Waals surface area contributed by atoms with Crippen molar-refractivity contribution in [1.29, 1.82) is 0 Å². The van der Waals surface area contributed by atoms with Crippen LogP contribution in [0.2, 0.25) is 10.0 Å². The summed E-state index contributed by atoms with van der Waals surface area (Å²) >= 11 is 14.2. The van der Waals surface area contributed by atoms with Crippen LogP contribution in [-0.4, -0.2) is 35.1 Å². The maximum Gasteiger partial charge on any atom is 0.242 e. The van der Waals surface area contributed by atoms with E-state index in [9.17, 15) is 9.59 Å². The fraction of sp³-hybridized carbons (Fsp3) is 0.391. The van der Waals surface area contributed by atoms with Gasteiger partial charge in [-0.1, -0.05) is 66.0 Å². The van der Waals surface area contributed by atoms with E-state index in [1.807, 2.05) is 32.0 Å². The molecule has 4 nitrogen and oxygen atoms in total. The van der Waals surface area contributed by atoms with Crippen LogP contribution in [0.1, 0.15) is 37.0 Å². The van der Waals surface area contributed by atoms with E-state index < -0.39 is 6.04 Å². The summed E-state index contributed by atoms with van der Waals surface area (Å²) < 4.78 is 0. The summed E-state index contributed by atoms with van der Waals surface area (Å²) in [6.45, 7) is 6.52. The van der Waals surface area contributed by atoms with E-state index in [0.29, 0.717) is 22.2 Å². The standard InChI is InChI=1S/C23H28Cl2N2O2S/c1-4-11-26-23(29)17(3)27(13-19-20(24)9-6-10-21(19)25)22(28)15-30-14-18-8-5-7-16(2)12-18/h5-10,12,17H,4,11,13-15H2,1-3H3,(H,26,29)/t17-/m0/s1. The maximum absolute atomic E-state index is 13.1. The third kappa shape index (κ3) is 7.22. The molecule has 2 rings (SSSR count). The first-order chi connectivity index (χ1) is 14.3. The molecule has 1 N–H and O–H groups in total. The first kappa shape index (κ1) is 24.6. The quantitative estimate of drug-likeness (QED) is 0.504. The molecule has 2 aromatic carbocycles. The van der Waals surface area contributed by atoms with Crippen molar-refractivity contribution in [2.45, 2.75) is 45.5 Å². The number of halogens is 2. The predicted molar refractivity (Wildman–Crippen MR) is 127 cm³/mol. The molecule has 30 heavy (non-hydrogen) atoms. The van der Waals surface area contributed by atoms with Crippen molar-refractivity contribution in [3.05, 3.63) is 69.2 Å². The Morgan fingerprint density at radius 2 is 1.80 bits per heavy atom. The predicted octanol–water partition coefficient (Wildman–Crippen LogP) is 5.48. The third-order valence-corrected chi connectivity index (χ3v) is 6.38. The summed E-state index contributed by atoms with van der Waals surface area (Å²) in [7, 11) is 0. The lowest BCUT2D eigenvalue weighted by Gasteiger charge is -2.29. The van der Waals surface area contributed by atoms with Crippen molar-refractivity contribution in [2.24, 2.45) is 0 Å². The molecule has 1 atom stereocenters. The normalized spacial score (nSPS) is 11.8. The Morgan fingerprint density at radius 1 is 1.13 bits per heavy atom. The van der Waals surface area contributed by atoms with Crippen molar-refractivity contribution in [3.63, 3.8) is 0 Å². The van der Waals surface area contributed by atoms with Crippen LogP contribution in [0, 0.1) is 6.92 Å². The lowest BCUT2D eigenvalue weighted by molar-refractivity contribution is -0.138. The highest BCUT2D eigenvalue weighted by Gasteiger charge is 2.27. The van der Waals surface area contributed by atoms with Gasteiger partial charge in [0.15, 0.2) is 0 Å². The second-order valence-corrected chi connectivity index (χ2v) is 8.97. The molecule has 0 bridgehead atoms. The van der Waals surface area contributed by atoms with Crippen LogP contribution in [0.25, 0.3) is 0 Å². The molecule has 0 spiro atoms. The Labute approximate surface area is 193 Å². The molecular formula is C23H28Cl2N2O2S. The number of benzene rings is 2. The van der Waals surface area contributed by atoms with Crippen LogP contribution >= 0.6 is 35.0 Å². The summed E-state index contributed by atoms with van der Waals surface area (Å²) in [5.74, 6) is 0.686. The van der Waals surface area contributed by atoms with Gasteiger partial charge in [-0.3, -0.25) is 9.59 Å². The van der Waals surface area contributed by atoms with Crippen molar-refractivity contribution in [3.8, 4) is 0 Å². The van der Waals surface area contributed by atoms with Crippen LogP contribution in [0.4, 0.5) is 0 Å². The molecule has 0 aliphatic rings. The van der Waals surface area contributed by atoms with E-state index in [2.05, 4.69) is 11.4 Å². The lowest BCUT2D eigenvalue weighted by atomic mass is 10.1. The minimum Gasteiger partial charge on any atom is -0.354 e. The Balaban J connectivity index is 2.12. The summed E-state index contributed by atoms with van der Waals surface area (Å²) in [5.41, 5.74) is 3.01. The van der Waals surface area contributed by atoms with Gasteiger partial charge in [0.05, 0.1) is 5.75 Å². The maximum atomic E-state index is 13.1. The van der Waals surface area contributed by atoms with E-state index in [1.54, 1.807) is 30.0 Å². The number of carbonyl (C=O) groups excluding carboxylic acids is 2. The Kier molecular flexibility index (Phi) is 10.0. The largest absolute Gasteiger partial charge is 0.354 e. The van der Waals surface area contributed by atoms with Gasteiger partial charge in [-0.2, -0.15) is 0 Å². The van der Waals surface area contributed by atoms with E-state index >= 15 is 0 Å². The number of nitrogens with zero attached hydrogens (tertiary/aromatic N) is 1. The molecule has 0 saturated carbocycles. The van der Waals surface area contributed by atoms with Gasteiger partial charge in [0, 0.05) is 34.5 Å². The molecule has 2 amide bonds. The summed E-state index contributed by atoms with van der Waals surface area (Å²) in [6.07, 6.45) is 0.828. The highest BCUT2D eigenvalue weighted by Crippen LogP contribution is 2.27. The fourth-order valence-electron chi connectivity index (χ4n) is 2.97. The fourth-order valence-corrected chi connectivity index (χ4v) is 4.35. The first-order valence-corrected chi connectivity index (χ1v) is 11.9. The molecule has 2 aromatic rings. The number of rotatable bonds is 10. The minimum atomic E-state index is -0.629. The van der Waals surface area contributed by atoms with Gasteiger partial charge in [-0.15, -0.1) is 11.8 Å². The molecule has 0 aliphatic heterocycles. The minimum absolute atomic E-state index is 0.122. The van der Waals surface area contributed by atoms with Crippen LogP contribution in [0.15, 0.2) is 42.5 Å². The van der Waals surface area contributed by atoms with Gasteiger partial charge in [0.25, 0.3) is 0 Å². The number of thioether (sulfide) groups is 1. The van der Waals surface area contributed by atoms with Crippen molar-refractivity contribution in [1.82, 2.24) is 10.2 Å². The highest BCUT2D eigenvalue weighted by molar-refractivity contribution is 7.99. The van der Waals surface area contributed by atoms with Gasteiger partial charge in [0.1, 0.15) is 6.04 Å². The van der Waals surface area contributed by atoms with Crippen molar-refractivity contribution >= 4 is 46.8 Å². The monoisotopic (exact) mass is 466 g/mol. The van der Waals surface area contributed by atoms with E-state index in [1.165, 1.54) is 22.9 Å². The molecule has 0 unspecified atom stereocenters. The number of hydrogen-bond donors (Lipinski definition) is 1. The molecule has 0 aliphatic carbocycles. The molecule has 162 valence electrons. The SMILES string of the molecule is CCCNC(=O)[C@H](C)N(Cc1c(Cl)cccc1Cl)C(=O)CSCc1cccc(C)c1. The van der Waals surface area contributed by atoms with E-state index in [4.69, 9.17) is 23.2 Å². The van der Waals surface area contributed by atoms with Gasteiger partial charge < -0.3 is 10.2 Å². The Bertz CT molecular complexity index is 856. The highest BCUT2D eigenvalue weighted by atomic mass is 35.5. The molecular weight excluding hydrogens is 439 g/mol. The third-order valence-electron chi connectivity index (χ3n) is 4.68. The van der Waals surface area contributed by atoms with Crippen LogP contribution in [0.3, 0.4) is 0 Å².